The highest BCUT2D eigenvalue weighted by molar-refractivity contribution is 8.00. The molecule has 0 saturated carbocycles. The average Bonchev–Trinajstić information content (AvgIpc) is 2.72. The normalized spacial score (nSPS) is 12.5. The molecule has 1 N–H and O–H groups in total. The van der Waals surface area contributed by atoms with Gasteiger partial charge in [-0.25, -0.2) is 4.79 Å². The van der Waals surface area contributed by atoms with E-state index in [-0.39, 0.29) is 6.42 Å². The van der Waals surface area contributed by atoms with Crippen LogP contribution in [0.3, 0.4) is 0 Å². The zero-order valence-corrected chi connectivity index (χ0v) is 15.9. The van der Waals surface area contributed by atoms with E-state index in [0.29, 0.717) is 0 Å². The lowest BCUT2D eigenvalue weighted by Crippen LogP contribution is -2.44. The first-order chi connectivity index (χ1) is 13.0. The Morgan fingerprint density at radius 1 is 0.926 bits per heavy atom. The maximum Gasteiger partial charge on any atom is 0.328 e. The molecule has 0 fully saturated rings. The zero-order chi connectivity index (χ0) is 19.6. The van der Waals surface area contributed by atoms with Gasteiger partial charge in [0.1, 0.15) is 11.3 Å². The molecular formula is C20H21NO5S. The number of hydrogen-bond donors (Lipinski definition) is 1. The summed E-state index contributed by atoms with van der Waals surface area (Å²) in [6, 6.07) is 17.6. The van der Waals surface area contributed by atoms with Crippen molar-refractivity contribution in [2.45, 2.75) is 22.6 Å². The van der Waals surface area contributed by atoms with Gasteiger partial charge in [0.2, 0.25) is 5.91 Å². The van der Waals surface area contributed by atoms with E-state index in [0.717, 1.165) is 10.5 Å². The Balaban J connectivity index is 2.23. The molecule has 6 nitrogen and oxygen atoms in total. The van der Waals surface area contributed by atoms with Gasteiger partial charge in [0, 0.05) is 4.90 Å². The minimum absolute atomic E-state index is 0.299. The van der Waals surface area contributed by atoms with Crippen molar-refractivity contribution in [3.05, 3.63) is 66.2 Å². The first-order valence-electron chi connectivity index (χ1n) is 8.26. The van der Waals surface area contributed by atoms with E-state index in [1.54, 1.807) is 0 Å². The van der Waals surface area contributed by atoms with E-state index < -0.39 is 29.1 Å². The predicted octanol–water partition coefficient (Wildman–Crippen LogP) is 2.74. The van der Waals surface area contributed by atoms with Crippen molar-refractivity contribution in [3.63, 3.8) is 0 Å². The van der Waals surface area contributed by atoms with Crippen LogP contribution >= 0.6 is 11.8 Å². The third kappa shape index (κ3) is 6.14. The van der Waals surface area contributed by atoms with Crippen LogP contribution in [-0.2, 0) is 23.9 Å². The molecule has 0 spiro atoms. The summed E-state index contributed by atoms with van der Waals surface area (Å²) >= 11 is 1.36. The summed E-state index contributed by atoms with van der Waals surface area (Å²) in [5.74, 6) is -1.71. The van der Waals surface area contributed by atoms with E-state index in [9.17, 15) is 14.4 Å². The van der Waals surface area contributed by atoms with Crippen LogP contribution in [0.25, 0.3) is 0 Å². The summed E-state index contributed by atoms with van der Waals surface area (Å²) in [4.78, 5) is 37.4. The summed E-state index contributed by atoms with van der Waals surface area (Å²) in [5, 5.41) is 2.02. The smallest absolute Gasteiger partial charge is 0.328 e. The zero-order valence-electron chi connectivity index (χ0n) is 15.1. The maximum atomic E-state index is 13.0. The summed E-state index contributed by atoms with van der Waals surface area (Å²) in [5.41, 5.74) is 0.783. The molecule has 142 valence electrons. The third-order valence-electron chi connectivity index (χ3n) is 3.74. The van der Waals surface area contributed by atoms with Crippen molar-refractivity contribution < 1.29 is 23.9 Å². The Hall–Kier alpha value is -2.80. The Morgan fingerprint density at radius 2 is 1.52 bits per heavy atom. The molecule has 0 aliphatic rings. The van der Waals surface area contributed by atoms with E-state index >= 15 is 0 Å². The van der Waals surface area contributed by atoms with Crippen LogP contribution in [0.2, 0.25) is 0 Å². The number of esters is 2. The number of ether oxygens (including phenoxy) is 2. The SMILES string of the molecule is COC(=O)C[C@@H](NC(=O)[C@H](Sc1ccccc1)c1ccccc1)C(=O)OC. The molecule has 0 radical (unpaired) electrons. The highest BCUT2D eigenvalue weighted by atomic mass is 32.2. The molecule has 0 saturated heterocycles. The number of benzene rings is 2. The molecule has 0 aliphatic carbocycles. The fourth-order valence-electron chi connectivity index (χ4n) is 2.37. The fourth-order valence-corrected chi connectivity index (χ4v) is 3.42. The highest BCUT2D eigenvalue weighted by Gasteiger charge is 2.29. The van der Waals surface area contributed by atoms with Crippen LogP contribution in [0.15, 0.2) is 65.6 Å². The van der Waals surface area contributed by atoms with Crippen LogP contribution in [0, 0.1) is 0 Å². The quantitative estimate of drug-likeness (QED) is 0.554. The summed E-state index contributed by atoms with van der Waals surface area (Å²) in [6.45, 7) is 0. The molecule has 0 bridgehead atoms. The largest absolute Gasteiger partial charge is 0.469 e. The average molecular weight is 387 g/mol. The number of hydrogen-bond acceptors (Lipinski definition) is 6. The molecule has 2 atom stereocenters. The second-order valence-electron chi connectivity index (χ2n) is 5.59. The van der Waals surface area contributed by atoms with E-state index in [1.165, 1.54) is 26.0 Å². The summed E-state index contributed by atoms with van der Waals surface area (Å²) in [6.07, 6.45) is -0.299. The summed E-state index contributed by atoms with van der Waals surface area (Å²) < 4.78 is 9.29. The second-order valence-corrected chi connectivity index (χ2v) is 6.76. The van der Waals surface area contributed by atoms with E-state index in [4.69, 9.17) is 4.74 Å². The van der Waals surface area contributed by atoms with Crippen molar-refractivity contribution >= 4 is 29.6 Å². The van der Waals surface area contributed by atoms with Crippen LogP contribution in [0.5, 0.6) is 0 Å². The number of rotatable bonds is 8. The van der Waals surface area contributed by atoms with Gasteiger partial charge in [-0.05, 0) is 17.7 Å². The lowest BCUT2D eigenvalue weighted by atomic mass is 10.1. The molecule has 7 heteroatoms. The Bertz CT molecular complexity index is 766. The van der Waals surface area contributed by atoms with Gasteiger partial charge in [-0.15, -0.1) is 11.8 Å². The first kappa shape index (κ1) is 20.5. The van der Waals surface area contributed by atoms with Gasteiger partial charge in [-0.3, -0.25) is 9.59 Å². The second kappa shape index (κ2) is 10.4. The molecule has 2 aromatic rings. The van der Waals surface area contributed by atoms with Gasteiger partial charge in [0.05, 0.1) is 20.6 Å². The lowest BCUT2D eigenvalue weighted by Gasteiger charge is -2.21. The molecule has 2 rings (SSSR count). The minimum Gasteiger partial charge on any atom is -0.469 e. The number of methoxy groups -OCH3 is 2. The van der Waals surface area contributed by atoms with Crippen molar-refractivity contribution in [1.82, 2.24) is 5.32 Å². The van der Waals surface area contributed by atoms with Crippen LogP contribution in [-0.4, -0.2) is 38.1 Å². The van der Waals surface area contributed by atoms with Gasteiger partial charge < -0.3 is 14.8 Å². The van der Waals surface area contributed by atoms with Crippen LogP contribution in [0.1, 0.15) is 17.2 Å². The van der Waals surface area contributed by atoms with E-state index in [2.05, 4.69) is 10.1 Å². The number of nitrogens with one attached hydrogen (secondary N) is 1. The van der Waals surface area contributed by atoms with Crippen LogP contribution < -0.4 is 5.32 Å². The van der Waals surface area contributed by atoms with Crippen molar-refractivity contribution in [2.75, 3.05) is 14.2 Å². The predicted molar refractivity (Wildman–Crippen MR) is 102 cm³/mol. The molecule has 27 heavy (non-hydrogen) atoms. The van der Waals surface area contributed by atoms with Crippen molar-refractivity contribution in [1.29, 1.82) is 0 Å². The van der Waals surface area contributed by atoms with Crippen molar-refractivity contribution in [2.24, 2.45) is 0 Å². The van der Waals surface area contributed by atoms with Crippen molar-refractivity contribution in [3.8, 4) is 0 Å². The standard InChI is InChI=1S/C20H21NO5S/c1-25-17(22)13-16(20(24)26-2)21-19(23)18(14-9-5-3-6-10-14)27-15-11-7-4-8-12-15/h3-12,16,18H,13H2,1-2H3,(H,21,23)/t16-,18-/m1/s1. The topological polar surface area (TPSA) is 81.7 Å². The Kier molecular flexibility index (Phi) is 7.88. The fraction of sp³-hybridized carbons (Fsp3) is 0.250. The van der Waals surface area contributed by atoms with Gasteiger partial charge in [0.25, 0.3) is 0 Å². The molecule has 0 unspecified atom stereocenters. The molecule has 2 aromatic carbocycles. The van der Waals surface area contributed by atoms with E-state index in [1.807, 2.05) is 60.7 Å². The van der Waals surface area contributed by atoms with Gasteiger partial charge in [-0.1, -0.05) is 48.5 Å². The van der Waals surface area contributed by atoms with Gasteiger partial charge in [0.15, 0.2) is 0 Å². The molecule has 0 aromatic heterocycles. The Labute approximate surface area is 162 Å². The minimum atomic E-state index is -1.11. The molecule has 0 aliphatic heterocycles. The lowest BCUT2D eigenvalue weighted by molar-refractivity contribution is -0.150. The van der Waals surface area contributed by atoms with Gasteiger partial charge >= 0.3 is 11.9 Å². The number of amides is 1. The molecular weight excluding hydrogens is 366 g/mol. The first-order valence-corrected chi connectivity index (χ1v) is 9.14. The Morgan fingerprint density at radius 3 is 2.07 bits per heavy atom. The van der Waals surface area contributed by atoms with Gasteiger partial charge in [-0.2, -0.15) is 0 Å². The highest BCUT2D eigenvalue weighted by Crippen LogP contribution is 2.35. The third-order valence-corrected chi connectivity index (χ3v) is 5.00. The molecule has 0 heterocycles. The number of carbonyl (C=O) groups is 3. The number of thioether (sulfide) groups is 1. The molecule has 1 amide bonds. The monoisotopic (exact) mass is 387 g/mol. The maximum absolute atomic E-state index is 13.0. The van der Waals surface area contributed by atoms with Crippen LogP contribution in [0.4, 0.5) is 0 Å². The summed E-state index contributed by atoms with van der Waals surface area (Å²) in [7, 11) is 2.42. The number of carbonyl (C=O) groups excluding carboxylic acids is 3.